The summed E-state index contributed by atoms with van der Waals surface area (Å²) in [6.07, 6.45) is 0.996. The molecule has 0 saturated carbocycles. The van der Waals surface area contributed by atoms with Crippen LogP contribution in [-0.2, 0) is 27.3 Å². The van der Waals surface area contributed by atoms with Crippen LogP contribution in [0.15, 0.2) is 72.8 Å². The Hall–Kier alpha value is -3.81. The average molecular weight is 518 g/mol. The fraction of sp³-hybridized carbons (Fsp3) is 0.241. The zero-order valence-corrected chi connectivity index (χ0v) is 21.4. The van der Waals surface area contributed by atoms with Gasteiger partial charge in [0, 0.05) is 41.5 Å². The number of fused-ring (bicyclic) bond motifs is 3. The minimum Gasteiger partial charge on any atom is -0.497 e. The van der Waals surface area contributed by atoms with Crippen LogP contribution >= 0.6 is 11.6 Å². The Morgan fingerprint density at radius 2 is 1.86 bits per heavy atom. The van der Waals surface area contributed by atoms with Crippen LogP contribution in [-0.4, -0.2) is 41.6 Å². The minimum atomic E-state index is -0.820. The van der Waals surface area contributed by atoms with Gasteiger partial charge in [-0.25, -0.2) is 4.79 Å². The number of halogens is 1. The summed E-state index contributed by atoms with van der Waals surface area (Å²) in [5.74, 6) is -0.0708. The van der Waals surface area contributed by atoms with E-state index < -0.39 is 12.0 Å². The summed E-state index contributed by atoms with van der Waals surface area (Å²) in [7, 11) is 1.62. The molecule has 2 heterocycles. The molecular formula is C29H28ClN3O4. The second kappa shape index (κ2) is 10.7. The first-order valence-corrected chi connectivity index (χ1v) is 12.5. The number of rotatable bonds is 7. The molecule has 190 valence electrons. The molecule has 0 bridgehead atoms. The Morgan fingerprint density at radius 3 is 2.57 bits per heavy atom. The molecule has 37 heavy (non-hydrogen) atoms. The maximum Gasteiger partial charge on any atom is 0.347 e. The van der Waals surface area contributed by atoms with Crippen LogP contribution in [0.5, 0.6) is 5.75 Å². The van der Waals surface area contributed by atoms with E-state index in [1.807, 2.05) is 72.8 Å². The summed E-state index contributed by atoms with van der Waals surface area (Å²) in [6, 6.07) is 21.8. The zero-order chi connectivity index (χ0) is 25.9. The van der Waals surface area contributed by atoms with Crippen LogP contribution in [0.2, 0.25) is 5.02 Å². The molecule has 1 aliphatic heterocycles. The third kappa shape index (κ3) is 5.33. The predicted octanol–water partition coefficient (Wildman–Crippen LogP) is 4.98. The molecule has 1 amide bonds. The summed E-state index contributed by atoms with van der Waals surface area (Å²) >= 11 is 6.30. The second-order valence-electron chi connectivity index (χ2n) is 9.13. The molecular weight excluding hydrogens is 490 g/mol. The van der Waals surface area contributed by atoms with Crippen LogP contribution < -0.4 is 10.1 Å². The van der Waals surface area contributed by atoms with Crippen molar-refractivity contribution >= 4 is 34.4 Å². The first-order valence-electron chi connectivity index (χ1n) is 12.2. The van der Waals surface area contributed by atoms with E-state index in [1.165, 1.54) is 6.92 Å². The van der Waals surface area contributed by atoms with Crippen molar-refractivity contribution < 1.29 is 19.2 Å². The fourth-order valence-corrected chi connectivity index (χ4v) is 5.10. The van der Waals surface area contributed by atoms with Gasteiger partial charge in [0.05, 0.1) is 7.11 Å². The molecule has 0 spiro atoms. The smallest absolute Gasteiger partial charge is 0.347 e. The largest absolute Gasteiger partial charge is 0.497 e. The van der Waals surface area contributed by atoms with Crippen molar-refractivity contribution in [1.82, 2.24) is 15.4 Å². The number of methoxy groups -OCH3 is 1. The van der Waals surface area contributed by atoms with E-state index in [0.29, 0.717) is 24.4 Å². The number of nitrogens with zero attached hydrogens (tertiary/aromatic N) is 1. The van der Waals surface area contributed by atoms with Crippen molar-refractivity contribution in [2.75, 3.05) is 13.7 Å². The highest BCUT2D eigenvalue weighted by atomic mass is 35.5. The van der Waals surface area contributed by atoms with Gasteiger partial charge in [-0.05, 0) is 53.4 Å². The number of hydroxylamine groups is 2. The van der Waals surface area contributed by atoms with Gasteiger partial charge in [0.1, 0.15) is 17.8 Å². The quantitative estimate of drug-likeness (QED) is 0.361. The van der Waals surface area contributed by atoms with Crippen molar-refractivity contribution in [3.63, 3.8) is 0 Å². The number of ether oxygens (including phenoxy) is 1. The SMILES string of the molecule is COc1ccc([C@H]2c3[nH]c4ccc(Cl)cc4c3CCN2OC(=O)[C@H](Cc2ccccc2)NC(C)=O)cc1. The first kappa shape index (κ1) is 24.9. The molecule has 2 atom stereocenters. The van der Waals surface area contributed by atoms with E-state index in [9.17, 15) is 9.59 Å². The van der Waals surface area contributed by atoms with Crippen molar-refractivity contribution in [3.8, 4) is 5.75 Å². The summed E-state index contributed by atoms with van der Waals surface area (Å²) in [5, 5.41) is 6.18. The molecule has 5 rings (SSSR count). The van der Waals surface area contributed by atoms with Gasteiger partial charge in [-0.1, -0.05) is 54.1 Å². The maximum atomic E-state index is 13.4. The molecule has 0 saturated heterocycles. The van der Waals surface area contributed by atoms with E-state index in [4.69, 9.17) is 21.2 Å². The Labute approximate surface area is 220 Å². The summed E-state index contributed by atoms with van der Waals surface area (Å²) < 4.78 is 5.34. The fourth-order valence-electron chi connectivity index (χ4n) is 4.92. The van der Waals surface area contributed by atoms with E-state index in [-0.39, 0.29) is 11.9 Å². The monoisotopic (exact) mass is 517 g/mol. The lowest BCUT2D eigenvalue weighted by molar-refractivity contribution is -0.204. The van der Waals surface area contributed by atoms with E-state index in [0.717, 1.165) is 39.0 Å². The van der Waals surface area contributed by atoms with Crippen LogP contribution in [0.3, 0.4) is 0 Å². The number of aromatic nitrogens is 1. The molecule has 8 heteroatoms. The van der Waals surface area contributed by atoms with Crippen molar-refractivity contribution in [3.05, 3.63) is 100 Å². The number of amides is 1. The number of nitrogens with one attached hydrogen (secondary N) is 2. The molecule has 0 fully saturated rings. The molecule has 3 aromatic carbocycles. The van der Waals surface area contributed by atoms with Crippen LogP contribution in [0.25, 0.3) is 10.9 Å². The first-order chi connectivity index (χ1) is 17.9. The summed E-state index contributed by atoms with van der Waals surface area (Å²) in [4.78, 5) is 34.9. The van der Waals surface area contributed by atoms with Crippen molar-refractivity contribution in [2.24, 2.45) is 0 Å². The number of hydrogen-bond donors (Lipinski definition) is 2. The second-order valence-corrected chi connectivity index (χ2v) is 9.56. The number of hydrogen-bond acceptors (Lipinski definition) is 5. The lowest BCUT2D eigenvalue weighted by atomic mass is 9.94. The number of H-pyrrole nitrogens is 1. The maximum absolute atomic E-state index is 13.4. The van der Waals surface area contributed by atoms with Gasteiger partial charge in [0.2, 0.25) is 5.91 Å². The lowest BCUT2D eigenvalue weighted by Crippen LogP contribution is -2.47. The van der Waals surface area contributed by atoms with Gasteiger partial charge in [-0.2, -0.15) is 0 Å². The summed E-state index contributed by atoms with van der Waals surface area (Å²) in [6.45, 7) is 1.88. The van der Waals surface area contributed by atoms with Gasteiger partial charge in [-0.15, -0.1) is 5.06 Å². The van der Waals surface area contributed by atoms with Gasteiger partial charge in [0.25, 0.3) is 0 Å². The number of carbonyl (C=O) groups is 2. The highest BCUT2D eigenvalue weighted by Crippen LogP contribution is 2.39. The highest BCUT2D eigenvalue weighted by Gasteiger charge is 2.36. The summed E-state index contributed by atoms with van der Waals surface area (Å²) in [5.41, 5.74) is 4.93. The number of benzene rings is 3. The van der Waals surface area contributed by atoms with Crippen LogP contribution in [0, 0.1) is 0 Å². The molecule has 7 nitrogen and oxygen atoms in total. The van der Waals surface area contributed by atoms with Crippen molar-refractivity contribution in [1.29, 1.82) is 0 Å². The van der Waals surface area contributed by atoms with Gasteiger partial charge < -0.3 is 19.9 Å². The third-order valence-electron chi connectivity index (χ3n) is 6.63. The van der Waals surface area contributed by atoms with E-state index in [2.05, 4.69) is 10.3 Å². The van der Waals surface area contributed by atoms with E-state index in [1.54, 1.807) is 12.2 Å². The highest BCUT2D eigenvalue weighted by molar-refractivity contribution is 6.31. The molecule has 4 aromatic rings. The predicted molar refractivity (Wildman–Crippen MR) is 142 cm³/mol. The Morgan fingerprint density at radius 1 is 1.11 bits per heavy atom. The minimum absolute atomic E-state index is 0.294. The van der Waals surface area contributed by atoms with Crippen LogP contribution in [0.1, 0.15) is 35.3 Å². The van der Waals surface area contributed by atoms with Crippen LogP contribution in [0.4, 0.5) is 0 Å². The van der Waals surface area contributed by atoms with Crippen molar-refractivity contribution in [2.45, 2.75) is 31.8 Å². The normalized spacial score (nSPS) is 16.1. The van der Waals surface area contributed by atoms with E-state index >= 15 is 0 Å². The van der Waals surface area contributed by atoms with Gasteiger partial charge in [0.15, 0.2) is 0 Å². The van der Waals surface area contributed by atoms with Gasteiger partial charge >= 0.3 is 5.97 Å². The Bertz CT molecular complexity index is 1420. The molecule has 0 radical (unpaired) electrons. The molecule has 1 aromatic heterocycles. The average Bonchev–Trinajstić information content (AvgIpc) is 3.26. The topological polar surface area (TPSA) is 83.7 Å². The third-order valence-corrected chi connectivity index (χ3v) is 6.86. The Balaban J connectivity index is 1.49. The lowest BCUT2D eigenvalue weighted by Gasteiger charge is -2.35. The standard InChI is InChI=1S/C29H28ClN3O4/c1-18(34)31-26(16-19-6-4-3-5-7-19)29(35)37-33-15-14-23-24-17-21(30)10-13-25(24)32-27(23)28(33)20-8-11-22(36-2)12-9-20/h3-13,17,26,28,32H,14-16H2,1-2H3,(H,31,34)/t26-,28-/m0/s1. The Kier molecular flexibility index (Phi) is 7.17. The van der Waals surface area contributed by atoms with Gasteiger partial charge in [-0.3, -0.25) is 4.79 Å². The zero-order valence-electron chi connectivity index (χ0n) is 20.7. The molecule has 1 aliphatic rings. The number of aromatic amines is 1. The number of carbonyl (C=O) groups excluding carboxylic acids is 2. The molecule has 2 N–H and O–H groups in total. The molecule has 0 unspecified atom stereocenters. The molecule has 0 aliphatic carbocycles.